The van der Waals surface area contributed by atoms with Crippen molar-refractivity contribution in [3.63, 3.8) is 0 Å². The van der Waals surface area contributed by atoms with E-state index in [2.05, 4.69) is 5.32 Å². The van der Waals surface area contributed by atoms with E-state index in [0.29, 0.717) is 11.1 Å². The fraction of sp³-hybridized carbons (Fsp3) is 0.125. The largest absolute Gasteiger partial charge is 0.324 e. The molecular formula is C16H12ClFN2O2S. The van der Waals surface area contributed by atoms with E-state index in [0.717, 1.165) is 9.58 Å². The highest BCUT2D eigenvalue weighted by molar-refractivity contribution is 7.18. The predicted molar refractivity (Wildman–Crippen MR) is 90.9 cm³/mol. The summed E-state index contributed by atoms with van der Waals surface area (Å²) < 4.78 is 15.3. The maximum absolute atomic E-state index is 13.1. The number of aromatic nitrogens is 1. The number of pyridine rings is 1. The number of nitrogens with one attached hydrogen (secondary N) is 1. The van der Waals surface area contributed by atoms with Gasteiger partial charge in [-0.15, -0.1) is 11.3 Å². The number of nitrogens with zero attached hydrogens (tertiary/aromatic N) is 1. The Balaban J connectivity index is 1.81. The molecule has 0 aliphatic carbocycles. The van der Waals surface area contributed by atoms with Gasteiger partial charge >= 0.3 is 0 Å². The topological polar surface area (TPSA) is 51.1 Å². The molecule has 0 atom stereocenters. The number of aryl methyl sites for hydroxylation is 1. The van der Waals surface area contributed by atoms with Crippen LogP contribution in [0.5, 0.6) is 0 Å². The lowest BCUT2D eigenvalue weighted by Crippen LogP contribution is -2.27. The molecule has 7 heteroatoms. The van der Waals surface area contributed by atoms with E-state index in [4.69, 9.17) is 11.6 Å². The number of thiophene rings is 1. The molecule has 0 aliphatic rings. The van der Waals surface area contributed by atoms with Crippen LogP contribution in [0.15, 0.2) is 41.3 Å². The Morgan fingerprint density at radius 1 is 1.35 bits per heavy atom. The summed E-state index contributed by atoms with van der Waals surface area (Å²) in [6.45, 7) is 1.80. The molecule has 1 amide bonds. The molecule has 0 aliphatic heterocycles. The first-order valence-electron chi connectivity index (χ1n) is 6.78. The smallest absolute Gasteiger partial charge is 0.259 e. The zero-order valence-corrected chi connectivity index (χ0v) is 13.7. The molecule has 2 aromatic heterocycles. The summed E-state index contributed by atoms with van der Waals surface area (Å²) in [7, 11) is 0. The minimum Gasteiger partial charge on any atom is -0.324 e. The molecule has 0 bridgehead atoms. The molecule has 4 nitrogen and oxygen atoms in total. The molecule has 3 aromatic rings. The normalized spacial score (nSPS) is 10.9. The van der Waals surface area contributed by atoms with Crippen LogP contribution in [0.25, 0.3) is 10.1 Å². The molecule has 23 heavy (non-hydrogen) atoms. The van der Waals surface area contributed by atoms with Crippen LogP contribution in [0.4, 0.5) is 10.1 Å². The van der Waals surface area contributed by atoms with Gasteiger partial charge < -0.3 is 9.88 Å². The third kappa shape index (κ3) is 3.28. The predicted octanol–water partition coefficient (Wildman–Crippen LogP) is 3.80. The summed E-state index contributed by atoms with van der Waals surface area (Å²) >= 11 is 7.21. The van der Waals surface area contributed by atoms with Crippen molar-refractivity contribution in [1.29, 1.82) is 0 Å². The van der Waals surface area contributed by atoms with Gasteiger partial charge in [-0.3, -0.25) is 9.59 Å². The molecule has 0 saturated carbocycles. The fourth-order valence-corrected chi connectivity index (χ4v) is 3.35. The summed E-state index contributed by atoms with van der Waals surface area (Å²) in [5, 5.41) is 3.12. The lowest BCUT2D eigenvalue weighted by atomic mass is 10.3. The molecule has 0 saturated heterocycles. The van der Waals surface area contributed by atoms with Gasteiger partial charge in [0.15, 0.2) is 0 Å². The van der Waals surface area contributed by atoms with E-state index >= 15 is 0 Å². The van der Waals surface area contributed by atoms with Crippen molar-refractivity contribution < 1.29 is 9.18 Å². The molecule has 0 spiro atoms. The number of amides is 1. The highest BCUT2D eigenvalue weighted by atomic mass is 35.5. The Kier molecular flexibility index (Phi) is 4.19. The number of anilines is 1. The quantitative estimate of drug-likeness (QED) is 0.781. The Hall–Kier alpha value is -2.18. The number of carbonyl (C=O) groups is 1. The zero-order chi connectivity index (χ0) is 16.6. The van der Waals surface area contributed by atoms with Crippen molar-refractivity contribution in [2.45, 2.75) is 13.5 Å². The summed E-state index contributed by atoms with van der Waals surface area (Å²) in [5.41, 5.74) is 0.168. The van der Waals surface area contributed by atoms with Crippen LogP contribution in [0, 0.1) is 12.7 Å². The number of halogens is 2. The Bertz CT molecular complexity index is 964. The SMILES string of the molecule is Cc1cc2c(=O)n(CC(=O)Nc3ccc(F)c(Cl)c3)ccc2s1. The number of fused-ring (bicyclic) bond motifs is 1. The third-order valence-corrected chi connectivity index (χ3v) is 4.60. The first-order chi connectivity index (χ1) is 10.9. The van der Waals surface area contributed by atoms with Gasteiger partial charge in [0.05, 0.1) is 10.4 Å². The van der Waals surface area contributed by atoms with Crippen molar-refractivity contribution in [3.05, 3.63) is 62.6 Å². The van der Waals surface area contributed by atoms with Crippen LogP contribution < -0.4 is 10.9 Å². The Labute approximate surface area is 140 Å². The number of hydrogen-bond acceptors (Lipinski definition) is 3. The molecule has 118 valence electrons. The minimum atomic E-state index is -0.556. The van der Waals surface area contributed by atoms with Crippen molar-refractivity contribution >= 4 is 44.6 Å². The maximum atomic E-state index is 13.1. The van der Waals surface area contributed by atoms with Gasteiger partial charge in [0, 0.05) is 21.5 Å². The van der Waals surface area contributed by atoms with Gasteiger partial charge in [-0.25, -0.2) is 4.39 Å². The van der Waals surface area contributed by atoms with Gasteiger partial charge in [0.25, 0.3) is 5.56 Å². The van der Waals surface area contributed by atoms with Gasteiger partial charge in [-0.1, -0.05) is 11.6 Å². The highest BCUT2D eigenvalue weighted by Crippen LogP contribution is 2.22. The molecule has 0 unspecified atom stereocenters. The monoisotopic (exact) mass is 350 g/mol. The minimum absolute atomic E-state index is 0.0739. The molecule has 2 heterocycles. The number of benzene rings is 1. The van der Waals surface area contributed by atoms with Crippen LogP contribution in [0.1, 0.15) is 4.88 Å². The van der Waals surface area contributed by atoms with Crippen molar-refractivity contribution in [2.24, 2.45) is 0 Å². The van der Waals surface area contributed by atoms with Crippen LogP contribution >= 0.6 is 22.9 Å². The second-order valence-corrected chi connectivity index (χ2v) is 6.76. The summed E-state index contributed by atoms with van der Waals surface area (Å²) in [4.78, 5) is 25.5. The average molecular weight is 351 g/mol. The molecule has 1 N–H and O–H groups in total. The molecule has 0 radical (unpaired) electrons. The lowest BCUT2D eigenvalue weighted by molar-refractivity contribution is -0.116. The van der Waals surface area contributed by atoms with Gasteiger partial charge in [0.1, 0.15) is 12.4 Å². The highest BCUT2D eigenvalue weighted by Gasteiger charge is 2.10. The van der Waals surface area contributed by atoms with E-state index < -0.39 is 5.82 Å². The second kappa shape index (κ2) is 6.14. The molecular weight excluding hydrogens is 339 g/mol. The summed E-state index contributed by atoms with van der Waals surface area (Å²) in [6, 6.07) is 7.54. The van der Waals surface area contributed by atoms with Crippen LogP contribution in [-0.2, 0) is 11.3 Å². The fourth-order valence-electron chi connectivity index (χ4n) is 2.26. The van der Waals surface area contributed by atoms with E-state index in [1.54, 1.807) is 6.20 Å². The Morgan fingerprint density at radius 2 is 2.13 bits per heavy atom. The van der Waals surface area contributed by atoms with E-state index in [1.807, 2.05) is 19.1 Å². The van der Waals surface area contributed by atoms with E-state index in [9.17, 15) is 14.0 Å². The molecule has 3 rings (SSSR count). The van der Waals surface area contributed by atoms with Gasteiger partial charge in [-0.2, -0.15) is 0 Å². The van der Waals surface area contributed by atoms with Gasteiger partial charge in [0.2, 0.25) is 5.91 Å². The summed E-state index contributed by atoms with van der Waals surface area (Å²) in [5.74, 6) is -0.944. The van der Waals surface area contributed by atoms with Gasteiger partial charge in [-0.05, 0) is 37.3 Å². The standard InChI is InChI=1S/C16H12ClFN2O2S/c1-9-6-11-14(23-9)4-5-20(16(11)22)8-15(21)19-10-2-3-13(18)12(17)7-10/h2-7H,8H2,1H3,(H,19,21). The number of carbonyl (C=O) groups excluding carboxylic acids is 1. The van der Waals surface area contributed by atoms with Crippen molar-refractivity contribution in [3.8, 4) is 0 Å². The third-order valence-electron chi connectivity index (χ3n) is 3.30. The number of hydrogen-bond donors (Lipinski definition) is 1. The van der Waals surface area contributed by atoms with Crippen molar-refractivity contribution in [2.75, 3.05) is 5.32 Å². The van der Waals surface area contributed by atoms with Crippen LogP contribution in [0.3, 0.4) is 0 Å². The number of rotatable bonds is 3. The first kappa shape index (κ1) is 15.7. The molecule has 0 fully saturated rings. The first-order valence-corrected chi connectivity index (χ1v) is 7.98. The lowest BCUT2D eigenvalue weighted by Gasteiger charge is -2.08. The Morgan fingerprint density at radius 3 is 2.87 bits per heavy atom. The van der Waals surface area contributed by atoms with Crippen molar-refractivity contribution in [1.82, 2.24) is 4.57 Å². The van der Waals surface area contributed by atoms with E-state index in [1.165, 1.54) is 34.1 Å². The second-order valence-electron chi connectivity index (χ2n) is 5.06. The van der Waals surface area contributed by atoms with Crippen LogP contribution in [0.2, 0.25) is 5.02 Å². The average Bonchev–Trinajstić information content (AvgIpc) is 2.87. The van der Waals surface area contributed by atoms with E-state index in [-0.39, 0.29) is 23.0 Å². The maximum Gasteiger partial charge on any atom is 0.259 e. The summed E-state index contributed by atoms with van der Waals surface area (Å²) in [6.07, 6.45) is 1.60. The zero-order valence-electron chi connectivity index (χ0n) is 12.1. The molecule has 1 aromatic carbocycles. The van der Waals surface area contributed by atoms with Crippen LogP contribution in [-0.4, -0.2) is 10.5 Å².